The molecular formula is C11H14N4O. The van der Waals surface area contributed by atoms with Crippen molar-refractivity contribution in [2.75, 3.05) is 5.32 Å². The minimum absolute atomic E-state index is 0.0450. The Balaban J connectivity index is 2.07. The number of hydrogen-bond acceptors (Lipinski definition) is 5. The SMILES string of the molecule is Cc1cnc(NC(C)c2ncc(C)o2)nc1. The van der Waals surface area contributed by atoms with Gasteiger partial charge in [0.25, 0.3) is 0 Å². The maximum Gasteiger partial charge on any atom is 0.223 e. The van der Waals surface area contributed by atoms with E-state index in [0.29, 0.717) is 11.8 Å². The lowest BCUT2D eigenvalue weighted by Gasteiger charge is -2.09. The predicted octanol–water partition coefficient (Wildman–Crippen LogP) is 2.25. The lowest BCUT2D eigenvalue weighted by molar-refractivity contribution is 0.453. The molecule has 84 valence electrons. The summed E-state index contributed by atoms with van der Waals surface area (Å²) in [6, 6.07) is -0.0450. The second-order valence-corrected chi connectivity index (χ2v) is 3.76. The molecule has 0 radical (unpaired) electrons. The Morgan fingerprint density at radius 3 is 2.38 bits per heavy atom. The minimum atomic E-state index is -0.0450. The van der Waals surface area contributed by atoms with E-state index in [2.05, 4.69) is 20.3 Å². The van der Waals surface area contributed by atoms with E-state index in [1.54, 1.807) is 18.6 Å². The predicted molar refractivity (Wildman–Crippen MR) is 60.0 cm³/mol. The highest BCUT2D eigenvalue weighted by molar-refractivity contribution is 5.27. The van der Waals surface area contributed by atoms with E-state index in [4.69, 9.17) is 4.42 Å². The van der Waals surface area contributed by atoms with Crippen molar-refractivity contribution in [1.82, 2.24) is 15.0 Å². The van der Waals surface area contributed by atoms with E-state index in [0.717, 1.165) is 11.3 Å². The Hall–Kier alpha value is -1.91. The first-order valence-electron chi connectivity index (χ1n) is 5.12. The molecule has 1 unspecified atom stereocenters. The van der Waals surface area contributed by atoms with Crippen LogP contribution >= 0.6 is 0 Å². The molecular weight excluding hydrogens is 204 g/mol. The highest BCUT2D eigenvalue weighted by Gasteiger charge is 2.11. The molecule has 0 amide bonds. The lowest BCUT2D eigenvalue weighted by atomic mass is 10.3. The number of nitrogens with zero attached hydrogens (tertiary/aromatic N) is 3. The van der Waals surface area contributed by atoms with E-state index in [-0.39, 0.29) is 6.04 Å². The molecule has 5 heteroatoms. The summed E-state index contributed by atoms with van der Waals surface area (Å²) in [5.74, 6) is 2.02. The first kappa shape index (κ1) is 10.6. The van der Waals surface area contributed by atoms with E-state index < -0.39 is 0 Å². The molecule has 2 heterocycles. The van der Waals surface area contributed by atoms with Gasteiger partial charge in [-0.2, -0.15) is 0 Å². The molecule has 2 aromatic heterocycles. The van der Waals surface area contributed by atoms with Crippen molar-refractivity contribution in [3.63, 3.8) is 0 Å². The van der Waals surface area contributed by atoms with Crippen LogP contribution < -0.4 is 5.32 Å². The van der Waals surface area contributed by atoms with E-state index in [9.17, 15) is 0 Å². The first-order valence-corrected chi connectivity index (χ1v) is 5.12. The van der Waals surface area contributed by atoms with Gasteiger partial charge >= 0.3 is 0 Å². The van der Waals surface area contributed by atoms with Gasteiger partial charge in [-0.3, -0.25) is 0 Å². The fraction of sp³-hybridized carbons (Fsp3) is 0.364. The van der Waals surface area contributed by atoms with Gasteiger partial charge in [0.1, 0.15) is 11.8 Å². The molecule has 5 nitrogen and oxygen atoms in total. The maximum absolute atomic E-state index is 5.41. The molecule has 16 heavy (non-hydrogen) atoms. The van der Waals surface area contributed by atoms with Crippen LogP contribution in [0, 0.1) is 13.8 Å². The van der Waals surface area contributed by atoms with Crippen LogP contribution in [-0.4, -0.2) is 15.0 Å². The Labute approximate surface area is 94.0 Å². The second kappa shape index (κ2) is 4.30. The number of anilines is 1. The van der Waals surface area contributed by atoms with Gasteiger partial charge in [0.2, 0.25) is 11.8 Å². The van der Waals surface area contributed by atoms with Gasteiger partial charge in [-0.25, -0.2) is 15.0 Å². The molecule has 0 saturated heterocycles. The van der Waals surface area contributed by atoms with Gasteiger partial charge in [0.05, 0.1) is 6.20 Å². The number of oxazole rings is 1. The Morgan fingerprint density at radius 1 is 1.12 bits per heavy atom. The zero-order valence-electron chi connectivity index (χ0n) is 9.56. The fourth-order valence-electron chi connectivity index (χ4n) is 1.29. The molecule has 0 aliphatic rings. The van der Waals surface area contributed by atoms with Gasteiger partial charge in [0, 0.05) is 12.4 Å². The monoisotopic (exact) mass is 218 g/mol. The van der Waals surface area contributed by atoms with Crippen molar-refractivity contribution in [2.45, 2.75) is 26.8 Å². The maximum atomic E-state index is 5.41. The highest BCUT2D eigenvalue weighted by atomic mass is 16.4. The standard InChI is InChI=1S/C11H14N4O/c1-7-4-13-11(14-5-7)15-9(3)10-12-6-8(2)16-10/h4-6,9H,1-3H3,(H,13,14,15). The summed E-state index contributed by atoms with van der Waals surface area (Å²) < 4.78 is 5.41. The summed E-state index contributed by atoms with van der Waals surface area (Å²) in [5, 5.41) is 3.12. The molecule has 0 saturated carbocycles. The summed E-state index contributed by atoms with van der Waals surface area (Å²) in [7, 11) is 0. The first-order chi connectivity index (χ1) is 7.65. The average molecular weight is 218 g/mol. The number of aryl methyl sites for hydroxylation is 2. The molecule has 0 bridgehead atoms. The molecule has 0 aliphatic carbocycles. The molecule has 0 aromatic carbocycles. The van der Waals surface area contributed by atoms with Crippen LogP contribution in [0.25, 0.3) is 0 Å². The third-order valence-electron chi connectivity index (χ3n) is 2.14. The van der Waals surface area contributed by atoms with Crippen molar-refractivity contribution >= 4 is 5.95 Å². The summed E-state index contributed by atoms with van der Waals surface area (Å²) in [6.07, 6.45) is 5.23. The molecule has 0 aliphatic heterocycles. The topological polar surface area (TPSA) is 63.8 Å². The molecule has 1 atom stereocenters. The fourth-order valence-corrected chi connectivity index (χ4v) is 1.29. The smallest absolute Gasteiger partial charge is 0.223 e. The van der Waals surface area contributed by atoms with Gasteiger partial charge in [-0.05, 0) is 26.3 Å². The van der Waals surface area contributed by atoms with Gasteiger partial charge in [-0.15, -0.1) is 0 Å². The van der Waals surface area contributed by atoms with Crippen LogP contribution in [-0.2, 0) is 0 Å². The summed E-state index contributed by atoms with van der Waals surface area (Å²) in [6.45, 7) is 5.77. The van der Waals surface area contributed by atoms with Crippen molar-refractivity contribution in [3.05, 3.63) is 35.8 Å². The van der Waals surface area contributed by atoms with Crippen molar-refractivity contribution in [3.8, 4) is 0 Å². The number of rotatable bonds is 3. The molecule has 0 spiro atoms. The van der Waals surface area contributed by atoms with Crippen molar-refractivity contribution in [2.24, 2.45) is 0 Å². The Kier molecular flexibility index (Phi) is 2.85. The summed E-state index contributed by atoms with van der Waals surface area (Å²) >= 11 is 0. The lowest BCUT2D eigenvalue weighted by Crippen LogP contribution is -2.09. The highest BCUT2D eigenvalue weighted by Crippen LogP contribution is 2.15. The Morgan fingerprint density at radius 2 is 1.81 bits per heavy atom. The van der Waals surface area contributed by atoms with Crippen LogP contribution in [0.3, 0.4) is 0 Å². The second-order valence-electron chi connectivity index (χ2n) is 3.76. The van der Waals surface area contributed by atoms with E-state index in [1.165, 1.54) is 0 Å². The largest absolute Gasteiger partial charge is 0.444 e. The summed E-state index contributed by atoms with van der Waals surface area (Å²) in [4.78, 5) is 12.5. The molecule has 0 fully saturated rings. The van der Waals surface area contributed by atoms with Crippen LogP contribution in [0.5, 0.6) is 0 Å². The van der Waals surface area contributed by atoms with Crippen LogP contribution in [0.15, 0.2) is 23.0 Å². The zero-order valence-corrected chi connectivity index (χ0v) is 9.56. The van der Waals surface area contributed by atoms with Gasteiger partial charge < -0.3 is 9.73 Å². The van der Waals surface area contributed by atoms with E-state index in [1.807, 2.05) is 20.8 Å². The van der Waals surface area contributed by atoms with E-state index >= 15 is 0 Å². The number of nitrogens with one attached hydrogen (secondary N) is 1. The van der Waals surface area contributed by atoms with Crippen LogP contribution in [0.1, 0.15) is 30.2 Å². The zero-order chi connectivity index (χ0) is 11.5. The van der Waals surface area contributed by atoms with Crippen LogP contribution in [0.2, 0.25) is 0 Å². The third kappa shape index (κ3) is 2.36. The number of aromatic nitrogens is 3. The quantitative estimate of drug-likeness (QED) is 0.856. The van der Waals surface area contributed by atoms with Gasteiger partial charge in [-0.1, -0.05) is 0 Å². The Bertz CT molecular complexity index is 463. The van der Waals surface area contributed by atoms with Crippen molar-refractivity contribution in [1.29, 1.82) is 0 Å². The molecule has 1 N–H and O–H groups in total. The molecule has 2 rings (SSSR count). The van der Waals surface area contributed by atoms with Crippen LogP contribution in [0.4, 0.5) is 5.95 Å². The normalized spacial score (nSPS) is 12.4. The average Bonchev–Trinajstić information content (AvgIpc) is 2.68. The molecule has 2 aromatic rings. The third-order valence-corrected chi connectivity index (χ3v) is 2.14. The van der Waals surface area contributed by atoms with Gasteiger partial charge in [0.15, 0.2) is 0 Å². The van der Waals surface area contributed by atoms with Crippen molar-refractivity contribution < 1.29 is 4.42 Å². The minimum Gasteiger partial charge on any atom is -0.444 e. The number of hydrogen-bond donors (Lipinski definition) is 1. The summed E-state index contributed by atoms with van der Waals surface area (Å²) in [5.41, 5.74) is 1.03.